The van der Waals surface area contributed by atoms with Gasteiger partial charge in [-0.05, 0) is 36.5 Å². The molecule has 0 aliphatic heterocycles. The van der Waals surface area contributed by atoms with Gasteiger partial charge in [0.05, 0.1) is 4.90 Å². The minimum Gasteiger partial charge on any atom is -0.384 e. The zero-order valence-electron chi connectivity index (χ0n) is 12.4. The molecule has 1 aliphatic rings. The van der Waals surface area contributed by atoms with Crippen LogP contribution < -0.4 is 4.72 Å². The molecule has 21 heavy (non-hydrogen) atoms. The summed E-state index contributed by atoms with van der Waals surface area (Å²) in [6.45, 7) is 3.94. The third-order valence-corrected chi connectivity index (χ3v) is 5.48. The molecule has 0 aromatic heterocycles. The Morgan fingerprint density at radius 2 is 2.19 bits per heavy atom. The molecule has 1 aromatic carbocycles. The largest absolute Gasteiger partial charge is 0.384 e. The number of aliphatic hydroxyl groups excluding tert-OH is 1. The minimum absolute atomic E-state index is 0.0125. The van der Waals surface area contributed by atoms with Crippen molar-refractivity contribution in [2.24, 2.45) is 5.41 Å². The average Bonchev–Trinajstić information content (AvgIpc) is 2.75. The van der Waals surface area contributed by atoms with Crippen LogP contribution in [0, 0.1) is 17.3 Å². The predicted molar refractivity (Wildman–Crippen MR) is 82.1 cm³/mol. The molecule has 0 radical (unpaired) electrons. The van der Waals surface area contributed by atoms with Crippen molar-refractivity contribution in [2.75, 3.05) is 6.61 Å². The molecule has 2 N–H and O–H groups in total. The molecule has 4 nitrogen and oxygen atoms in total. The Labute approximate surface area is 126 Å². The highest BCUT2D eigenvalue weighted by atomic mass is 32.2. The highest BCUT2D eigenvalue weighted by Crippen LogP contribution is 2.37. The first-order valence-corrected chi connectivity index (χ1v) is 8.56. The Kier molecular flexibility index (Phi) is 4.72. The van der Waals surface area contributed by atoms with E-state index in [9.17, 15) is 8.42 Å². The van der Waals surface area contributed by atoms with Gasteiger partial charge in [-0.25, -0.2) is 13.1 Å². The molecule has 0 spiro atoms. The second-order valence-corrected chi connectivity index (χ2v) is 7.76. The Morgan fingerprint density at radius 3 is 2.81 bits per heavy atom. The summed E-state index contributed by atoms with van der Waals surface area (Å²) in [7, 11) is -3.54. The smallest absolute Gasteiger partial charge is 0.240 e. The fraction of sp³-hybridized carbons (Fsp3) is 0.500. The summed E-state index contributed by atoms with van der Waals surface area (Å²) in [4.78, 5) is 0.218. The van der Waals surface area contributed by atoms with Crippen LogP contribution in [0.15, 0.2) is 29.2 Å². The van der Waals surface area contributed by atoms with E-state index < -0.39 is 10.0 Å². The first-order chi connectivity index (χ1) is 9.85. The fourth-order valence-corrected chi connectivity index (χ4v) is 4.17. The van der Waals surface area contributed by atoms with E-state index in [1.54, 1.807) is 18.2 Å². The second kappa shape index (κ2) is 6.18. The summed E-state index contributed by atoms with van der Waals surface area (Å²) >= 11 is 0. The number of hydrogen-bond donors (Lipinski definition) is 2. The maximum absolute atomic E-state index is 12.5. The minimum atomic E-state index is -3.54. The van der Waals surface area contributed by atoms with Crippen molar-refractivity contribution in [3.63, 3.8) is 0 Å². The van der Waals surface area contributed by atoms with Gasteiger partial charge >= 0.3 is 0 Å². The van der Waals surface area contributed by atoms with E-state index in [1.807, 2.05) is 0 Å². The lowest BCUT2D eigenvalue weighted by Gasteiger charge is -2.27. The van der Waals surface area contributed by atoms with Crippen LogP contribution in [-0.4, -0.2) is 26.2 Å². The Bertz CT molecular complexity index is 668. The van der Waals surface area contributed by atoms with Crippen LogP contribution in [0.4, 0.5) is 0 Å². The molecule has 1 atom stereocenters. The van der Waals surface area contributed by atoms with E-state index in [0.717, 1.165) is 19.3 Å². The molecule has 1 saturated carbocycles. The third kappa shape index (κ3) is 3.85. The molecular weight excluding hydrogens is 286 g/mol. The highest BCUT2D eigenvalue weighted by molar-refractivity contribution is 7.89. The number of benzene rings is 1. The maximum Gasteiger partial charge on any atom is 0.240 e. The van der Waals surface area contributed by atoms with Crippen molar-refractivity contribution in [1.82, 2.24) is 4.72 Å². The number of rotatable bonds is 3. The summed E-state index contributed by atoms with van der Waals surface area (Å²) in [6.07, 6.45) is 2.95. The van der Waals surface area contributed by atoms with Crippen LogP contribution in [0.2, 0.25) is 0 Å². The lowest BCUT2D eigenvalue weighted by molar-refractivity contribution is 0.313. The van der Waals surface area contributed by atoms with E-state index in [2.05, 4.69) is 30.4 Å². The van der Waals surface area contributed by atoms with Gasteiger partial charge in [-0.2, -0.15) is 0 Å². The van der Waals surface area contributed by atoms with Gasteiger partial charge < -0.3 is 5.11 Å². The van der Waals surface area contributed by atoms with Gasteiger partial charge in [-0.3, -0.25) is 0 Å². The Hall–Kier alpha value is -1.35. The van der Waals surface area contributed by atoms with Crippen molar-refractivity contribution in [2.45, 2.75) is 44.0 Å². The monoisotopic (exact) mass is 307 g/mol. The summed E-state index contributed by atoms with van der Waals surface area (Å²) in [5.41, 5.74) is 0.569. The van der Waals surface area contributed by atoms with Gasteiger partial charge in [0.2, 0.25) is 10.0 Å². The molecular formula is C16H21NO3S. The normalized spacial score (nSPS) is 20.8. The standard InChI is InChI=1S/C16H21NO3S/c1-16(2)10-4-9-15(16)17-21(19,20)14-8-3-6-13(12-14)7-5-11-18/h3,6,8,12,15,17-18H,4,9-11H2,1-2H3. The fourth-order valence-electron chi connectivity index (χ4n) is 2.68. The van der Waals surface area contributed by atoms with E-state index in [1.165, 1.54) is 6.07 Å². The lowest BCUT2D eigenvalue weighted by Crippen LogP contribution is -2.41. The van der Waals surface area contributed by atoms with Gasteiger partial charge in [0.1, 0.15) is 6.61 Å². The molecule has 0 bridgehead atoms. The van der Waals surface area contributed by atoms with Gasteiger partial charge in [-0.15, -0.1) is 0 Å². The van der Waals surface area contributed by atoms with Crippen LogP contribution in [0.25, 0.3) is 0 Å². The van der Waals surface area contributed by atoms with Gasteiger partial charge in [0, 0.05) is 11.6 Å². The van der Waals surface area contributed by atoms with Crippen molar-refractivity contribution in [3.05, 3.63) is 29.8 Å². The molecule has 0 heterocycles. The van der Waals surface area contributed by atoms with Crippen LogP contribution in [0.5, 0.6) is 0 Å². The number of nitrogens with one attached hydrogen (secondary N) is 1. The quantitative estimate of drug-likeness (QED) is 0.838. The molecule has 0 amide bonds. The predicted octanol–water partition coefficient (Wildman–Crippen LogP) is 1.89. The van der Waals surface area contributed by atoms with Crippen LogP contribution in [-0.2, 0) is 10.0 Å². The molecule has 1 fully saturated rings. The number of sulfonamides is 1. The topological polar surface area (TPSA) is 66.4 Å². The number of aliphatic hydroxyl groups is 1. The van der Waals surface area contributed by atoms with Crippen molar-refractivity contribution < 1.29 is 13.5 Å². The SMILES string of the molecule is CC1(C)CCCC1NS(=O)(=O)c1cccc(C#CCO)c1. The first kappa shape index (κ1) is 16.0. The Morgan fingerprint density at radius 1 is 1.43 bits per heavy atom. The zero-order chi connectivity index (χ0) is 15.5. The Balaban J connectivity index is 2.24. The van der Waals surface area contributed by atoms with E-state index in [-0.39, 0.29) is 23.0 Å². The van der Waals surface area contributed by atoms with Gasteiger partial charge in [0.25, 0.3) is 0 Å². The van der Waals surface area contributed by atoms with Gasteiger partial charge in [-0.1, -0.05) is 38.2 Å². The highest BCUT2D eigenvalue weighted by Gasteiger charge is 2.37. The molecule has 114 valence electrons. The average molecular weight is 307 g/mol. The van der Waals surface area contributed by atoms with Crippen molar-refractivity contribution in [1.29, 1.82) is 0 Å². The summed E-state index contributed by atoms with van der Waals surface area (Å²) < 4.78 is 27.8. The first-order valence-electron chi connectivity index (χ1n) is 7.07. The van der Waals surface area contributed by atoms with Gasteiger partial charge in [0.15, 0.2) is 0 Å². The molecule has 1 aromatic rings. The van der Waals surface area contributed by atoms with Crippen LogP contribution >= 0.6 is 0 Å². The zero-order valence-corrected chi connectivity index (χ0v) is 13.2. The van der Waals surface area contributed by atoms with Crippen molar-refractivity contribution >= 4 is 10.0 Å². The number of hydrogen-bond acceptors (Lipinski definition) is 3. The van der Waals surface area contributed by atoms with E-state index in [0.29, 0.717) is 5.56 Å². The maximum atomic E-state index is 12.5. The summed E-state index contributed by atoms with van der Waals surface area (Å²) in [5.74, 6) is 5.24. The summed E-state index contributed by atoms with van der Waals surface area (Å²) in [5, 5.41) is 8.70. The van der Waals surface area contributed by atoms with Crippen LogP contribution in [0.1, 0.15) is 38.7 Å². The molecule has 0 saturated heterocycles. The lowest BCUT2D eigenvalue weighted by atomic mass is 9.88. The summed E-state index contributed by atoms with van der Waals surface area (Å²) in [6, 6.07) is 6.45. The second-order valence-electron chi connectivity index (χ2n) is 6.04. The van der Waals surface area contributed by atoms with E-state index in [4.69, 9.17) is 5.11 Å². The van der Waals surface area contributed by atoms with Crippen LogP contribution in [0.3, 0.4) is 0 Å². The van der Waals surface area contributed by atoms with E-state index >= 15 is 0 Å². The van der Waals surface area contributed by atoms with Crippen molar-refractivity contribution in [3.8, 4) is 11.8 Å². The molecule has 5 heteroatoms. The third-order valence-electron chi connectivity index (χ3n) is 4.01. The molecule has 1 unspecified atom stereocenters. The molecule has 1 aliphatic carbocycles. The molecule has 2 rings (SSSR count).